The second-order valence-electron chi connectivity index (χ2n) is 15.9. The van der Waals surface area contributed by atoms with Crippen LogP contribution < -0.4 is 0 Å². The summed E-state index contributed by atoms with van der Waals surface area (Å²) in [6.07, 6.45) is 0. The van der Waals surface area contributed by atoms with Gasteiger partial charge in [-0.1, -0.05) is 108 Å². The summed E-state index contributed by atoms with van der Waals surface area (Å²) >= 11 is 0. The highest BCUT2D eigenvalue weighted by Crippen LogP contribution is 2.41. The Bertz CT molecular complexity index is 2820. The van der Waals surface area contributed by atoms with Crippen LogP contribution in [-0.2, 0) is 10.8 Å². The molecule has 9 aromatic rings. The van der Waals surface area contributed by atoms with Gasteiger partial charge in [-0.15, -0.1) is 0 Å². The molecule has 256 valence electrons. The van der Waals surface area contributed by atoms with Crippen molar-refractivity contribution < 1.29 is 5.11 Å². The number of H-pyrrole nitrogens is 1. The van der Waals surface area contributed by atoms with Crippen LogP contribution in [0, 0.1) is 0 Å². The van der Waals surface area contributed by atoms with Gasteiger partial charge in [0.05, 0.1) is 33.3 Å². The first-order valence-electron chi connectivity index (χ1n) is 17.9. The summed E-state index contributed by atoms with van der Waals surface area (Å²) in [5, 5.41) is 20.0. The topological polar surface area (TPSA) is 71.7 Å². The number of aromatic hydroxyl groups is 1. The molecule has 0 bridgehead atoms. The van der Waals surface area contributed by atoms with Gasteiger partial charge in [-0.05, 0) is 82.6 Å². The second-order valence-corrected chi connectivity index (χ2v) is 15.9. The number of nitrogens with zero attached hydrogens (tertiary/aromatic N) is 4. The van der Waals surface area contributed by atoms with Gasteiger partial charge < -0.3 is 10.1 Å². The molecule has 0 amide bonds. The van der Waals surface area contributed by atoms with Crippen LogP contribution in [0.25, 0.3) is 77.8 Å². The fourth-order valence-electron chi connectivity index (χ4n) is 7.47. The highest BCUT2D eigenvalue weighted by Gasteiger charge is 2.25. The van der Waals surface area contributed by atoms with Crippen LogP contribution in [0.4, 0.5) is 0 Å². The molecular weight excluding hydrogens is 639 g/mol. The van der Waals surface area contributed by atoms with Crippen LogP contribution >= 0.6 is 0 Å². The molecule has 0 saturated carbocycles. The van der Waals surface area contributed by atoms with Gasteiger partial charge in [-0.25, -0.2) is 9.67 Å². The van der Waals surface area contributed by atoms with Crippen LogP contribution in [-0.4, -0.2) is 29.4 Å². The second kappa shape index (κ2) is 11.4. The minimum absolute atomic E-state index is 0.0307. The number of hydrogen-bond acceptors (Lipinski definition) is 3. The zero-order valence-corrected chi connectivity index (χ0v) is 30.4. The van der Waals surface area contributed by atoms with Gasteiger partial charge in [0.15, 0.2) is 0 Å². The van der Waals surface area contributed by atoms with Crippen molar-refractivity contribution in [3.05, 3.63) is 139 Å². The standard InChI is InChI=1S/C46H41N5O/c1-45(2,3)28-23-24-36-34(25-28)35-26-29(46(4,5)6)27-39(43(35)47-36)51-37-20-12-10-17-31(37)41(49-51)33-19-14-21-38-42(33)48-44(32-18-11-13-22-40(32)52)50(38)30-15-8-7-9-16-30/h7-27,47,52H,1-6H3. The predicted molar refractivity (Wildman–Crippen MR) is 215 cm³/mol. The predicted octanol–water partition coefficient (Wildman–Crippen LogP) is 11.6. The zero-order valence-electron chi connectivity index (χ0n) is 30.4. The summed E-state index contributed by atoms with van der Waals surface area (Å²) in [6, 6.07) is 43.8. The summed E-state index contributed by atoms with van der Waals surface area (Å²) < 4.78 is 4.24. The van der Waals surface area contributed by atoms with Crippen molar-refractivity contribution in [1.29, 1.82) is 0 Å². The van der Waals surface area contributed by atoms with Gasteiger partial charge in [0.25, 0.3) is 0 Å². The van der Waals surface area contributed by atoms with Crippen molar-refractivity contribution in [2.45, 2.75) is 52.4 Å². The van der Waals surface area contributed by atoms with Crippen molar-refractivity contribution in [3.63, 3.8) is 0 Å². The molecule has 0 saturated heterocycles. The molecule has 2 N–H and O–H groups in total. The number of aromatic amines is 1. The monoisotopic (exact) mass is 679 g/mol. The highest BCUT2D eigenvalue weighted by molar-refractivity contribution is 6.11. The molecule has 9 rings (SSSR count). The average Bonchev–Trinajstić information content (AvgIpc) is 3.82. The van der Waals surface area contributed by atoms with Crippen molar-refractivity contribution in [3.8, 4) is 39.8 Å². The Labute approximate surface area is 303 Å². The fourth-order valence-corrected chi connectivity index (χ4v) is 7.47. The summed E-state index contributed by atoms with van der Waals surface area (Å²) in [5.74, 6) is 0.852. The van der Waals surface area contributed by atoms with E-state index in [2.05, 4.69) is 141 Å². The number of aromatic nitrogens is 5. The Morgan fingerprint density at radius 1 is 0.596 bits per heavy atom. The zero-order chi connectivity index (χ0) is 35.9. The maximum absolute atomic E-state index is 11.0. The lowest BCUT2D eigenvalue weighted by Gasteiger charge is -2.21. The third-order valence-corrected chi connectivity index (χ3v) is 10.3. The van der Waals surface area contributed by atoms with E-state index >= 15 is 0 Å². The number of para-hydroxylation sites is 4. The van der Waals surface area contributed by atoms with E-state index in [1.165, 1.54) is 21.9 Å². The molecule has 0 atom stereocenters. The molecule has 6 heteroatoms. The number of fused-ring (bicyclic) bond motifs is 5. The van der Waals surface area contributed by atoms with E-state index < -0.39 is 0 Å². The summed E-state index contributed by atoms with van der Waals surface area (Å²) in [4.78, 5) is 9.08. The number of rotatable bonds is 4. The lowest BCUT2D eigenvalue weighted by Crippen LogP contribution is -2.12. The summed E-state index contributed by atoms with van der Waals surface area (Å²) in [6.45, 7) is 13.6. The minimum Gasteiger partial charge on any atom is -0.507 e. The molecule has 3 heterocycles. The van der Waals surface area contributed by atoms with Crippen LogP contribution in [0.15, 0.2) is 127 Å². The van der Waals surface area contributed by atoms with Gasteiger partial charge in [0.2, 0.25) is 0 Å². The first-order valence-corrected chi connectivity index (χ1v) is 17.9. The molecule has 0 unspecified atom stereocenters. The largest absolute Gasteiger partial charge is 0.507 e. The Kier molecular flexibility index (Phi) is 7.00. The van der Waals surface area contributed by atoms with Crippen LogP contribution in [0.1, 0.15) is 52.7 Å². The van der Waals surface area contributed by atoms with E-state index in [-0.39, 0.29) is 16.6 Å². The number of phenolic OH excluding ortho intramolecular Hbond substituents is 1. The Balaban J connectivity index is 1.34. The molecule has 0 aliphatic carbocycles. The van der Waals surface area contributed by atoms with E-state index in [1.807, 2.05) is 36.4 Å². The van der Waals surface area contributed by atoms with E-state index in [9.17, 15) is 5.11 Å². The quantitative estimate of drug-likeness (QED) is 0.194. The van der Waals surface area contributed by atoms with Crippen LogP contribution in [0.2, 0.25) is 0 Å². The van der Waals surface area contributed by atoms with Gasteiger partial charge >= 0.3 is 0 Å². The van der Waals surface area contributed by atoms with Crippen molar-refractivity contribution >= 4 is 43.7 Å². The molecule has 0 aliphatic heterocycles. The molecule has 6 nitrogen and oxygen atoms in total. The maximum atomic E-state index is 11.0. The number of imidazole rings is 1. The first kappa shape index (κ1) is 31.8. The lowest BCUT2D eigenvalue weighted by molar-refractivity contribution is 0.477. The summed E-state index contributed by atoms with van der Waals surface area (Å²) in [7, 11) is 0. The van der Waals surface area contributed by atoms with E-state index in [1.54, 1.807) is 6.07 Å². The minimum atomic E-state index is -0.0881. The van der Waals surface area contributed by atoms with Crippen molar-refractivity contribution in [2.24, 2.45) is 0 Å². The number of benzene rings is 6. The third kappa shape index (κ3) is 5.01. The average molecular weight is 680 g/mol. The van der Waals surface area contributed by atoms with Crippen LogP contribution in [0.3, 0.4) is 0 Å². The van der Waals surface area contributed by atoms with Gasteiger partial charge in [-0.2, -0.15) is 5.10 Å². The van der Waals surface area contributed by atoms with Gasteiger partial charge in [-0.3, -0.25) is 4.57 Å². The Hall–Kier alpha value is -6.14. The highest BCUT2D eigenvalue weighted by atomic mass is 16.3. The van der Waals surface area contributed by atoms with E-state index in [0.717, 1.165) is 55.6 Å². The molecule has 3 aromatic heterocycles. The molecule has 0 fully saturated rings. The maximum Gasteiger partial charge on any atom is 0.149 e. The molecular formula is C46H41N5O. The summed E-state index contributed by atoms with van der Waals surface area (Å²) in [5.41, 5.74) is 11.8. The van der Waals surface area contributed by atoms with Crippen molar-refractivity contribution in [1.82, 2.24) is 24.3 Å². The van der Waals surface area contributed by atoms with E-state index in [0.29, 0.717) is 11.4 Å². The number of hydrogen-bond donors (Lipinski definition) is 2. The van der Waals surface area contributed by atoms with Crippen LogP contribution in [0.5, 0.6) is 5.75 Å². The number of nitrogens with one attached hydrogen (secondary N) is 1. The SMILES string of the molecule is CC(C)(C)c1ccc2[nH]c3c(-n4nc(-c5cccc6c5nc(-c5ccccc5O)n6-c5ccccc5)c5ccccc54)cc(C(C)(C)C)cc3c2c1. The fraction of sp³-hybridized carbons (Fsp3) is 0.174. The van der Waals surface area contributed by atoms with Gasteiger partial charge in [0, 0.05) is 32.9 Å². The Morgan fingerprint density at radius 3 is 2.04 bits per heavy atom. The Morgan fingerprint density at radius 2 is 1.27 bits per heavy atom. The first-order chi connectivity index (χ1) is 25.0. The van der Waals surface area contributed by atoms with E-state index in [4.69, 9.17) is 10.1 Å². The molecule has 52 heavy (non-hydrogen) atoms. The lowest BCUT2D eigenvalue weighted by atomic mass is 9.84. The number of phenols is 1. The van der Waals surface area contributed by atoms with Gasteiger partial charge in [0.1, 0.15) is 17.3 Å². The molecule has 0 spiro atoms. The molecule has 0 radical (unpaired) electrons. The normalized spacial score (nSPS) is 12.5. The third-order valence-electron chi connectivity index (χ3n) is 10.3. The molecule has 6 aromatic carbocycles. The smallest absolute Gasteiger partial charge is 0.149 e. The van der Waals surface area contributed by atoms with Crippen molar-refractivity contribution in [2.75, 3.05) is 0 Å². The molecule has 0 aliphatic rings.